The van der Waals surface area contributed by atoms with Crippen molar-refractivity contribution < 1.29 is 17.9 Å². The summed E-state index contributed by atoms with van der Waals surface area (Å²) in [5.74, 6) is 0.0838. The molecule has 1 aromatic carbocycles. The number of pyridine rings is 1. The van der Waals surface area contributed by atoms with Crippen molar-refractivity contribution in [3.63, 3.8) is 0 Å². The van der Waals surface area contributed by atoms with E-state index in [9.17, 15) is 13.2 Å². The second-order valence-corrected chi connectivity index (χ2v) is 9.55. The lowest BCUT2D eigenvalue weighted by atomic mass is 9.89. The predicted octanol–water partition coefficient (Wildman–Crippen LogP) is 2.01. The van der Waals surface area contributed by atoms with Crippen molar-refractivity contribution >= 4 is 26.6 Å². The topological polar surface area (TPSA) is 85.4 Å². The van der Waals surface area contributed by atoms with Crippen LogP contribution in [0.15, 0.2) is 30.3 Å². The molecule has 2 aliphatic rings. The van der Waals surface area contributed by atoms with E-state index in [1.165, 1.54) is 0 Å². The molecule has 2 atom stereocenters. The zero-order valence-corrected chi connectivity index (χ0v) is 15.5. The number of hydrogen-bond donors (Lipinski definition) is 1. The number of rotatable bonds is 2. The molecule has 1 aromatic heterocycles. The number of aromatic nitrogens is 1. The third kappa shape index (κ3) is 3.33. The molecule has 26 heavy (non-hydrogen) atoms. The van der Waals surface area contributed by atoms with E-state index in [1.54, 1.807) is 6.07 Å². The molecule has 2 fully saturated rings. The standard InChI is InChI=1S/C19H22N2O4S/c1-13-10-16(15-4-2-3-5-17(15)20-13)18(22)21-14-6-8-25-19(11-14)7-9-26(23,24)12-19/h2-5,10,14H,6-9,11-12H2,1H3,(H,21,22)/t14-,19+/m0/s1. The molecule has 0 unspecified atom stereocenters. The number of para-hydroxylation sites is 1. The van der Waals surface area contributed by atoms with Crippen molar-refractivity contribution in [3.8, 4) is 0 Å². The Bertz CT molecular complexity index is 973. The van der Waals surface area contributed by atoms with Crippen LogP contribution in [-0.4, -0.2) is 49.1 Å². The van der Waals surface area contributed by atoms with Gasteiger partial charge in [-0.3, -0.25) is 9.78 Å². The maximum atomic E-state index is 12.9. The van der Waals surface area contributed by atoms with Gasteiger partial charge in [0.25, 0.3) is 5.91 Å². The van der Waals surface area contributed by atoms with Gasteiger partial charge in [-0.2, -0.15) is 0 Å². The number of fused-ring (bicyclic) bond motifs is 1. The number of ether oxygens (including phenoxy) is 1. The highest BCUT2D eigenvalue weighted by atomic mass is 32.2. The minimum Gasteiger partial charge on any atom is -0.374 e. The van der Waals surface area contributed by atoms with Crippen molar-refractivity contribution in [2.24, 2.45) is 0 Å². The highest BCUT2D eigenvalue weighted by Gasteiger charge is 2.46. The maximum absolute atomic E-state index is 12.9. The molecular weight excluding hydrogens is 352 g/mol. The zero-order chi connectivity index (χ0) is 18.4. The molecule has 3 heterocycles. The minimum absolute atomic E-state index is 0.0592. The Hall–Kier alpha value is -1.99. The smallest absolute Gasteiger partial charge is 0.252 e. The first-order valence-corrected chi connectivity index (χ1v) is 10.7. The molecule has 7 heteroatoms. The molecule has 2 aromatic rings. The van der Waals surface area contributed by atoms with Gasteiger partial charge in [0.1, 0.15) is 0 Å². The van der Waals surface area contributed by atoms with Crippen LogP contribution in [0.5, 0.6) is 0 Å². The summed E-state index contributed by atoms with van der Waals surface area (Å²) in [5.41, 5.74) is 1.56. The van der Waals surface area contributed by atoms with E-state index in [0.717, 1.165) is 16.6 Å². The molecule has 1 N–H and O–H groups in total. The fourth-order valence-corrected chi connectivity index (χ4v) is 6.05. The van der Waals surface area contributed by atoms with Crippen LogP contribution in [-0.2, 0) is 14.6 Å². The fourth-order valence-electron chi connectivity index (χ4n) is 4.07. The van der Waals surface area contributed by atoms with Crippen LogP contribution in [0.25, 0.3) is 10.9 Å². The van der Waals surface area contributed by atoms with Gasteiger partial charge in [-0.1, -0.05) is 18.2 Å². The van der Waals surface area contributed by atoms with Gasteiger partial charge >= 0.3 is 0 Å². The van der Waals surface area contributed by atoms with Gasteiger partial charge in [-0.05, 0) is 38.3 Å². The van der Waals surface area contributed by atoms with Gasteiger partial charge in [0.15, 0.2) is 9.84 Å². The summed E-state index contributed by atoms with van der Waals surface area (Å²) in [5, 5.41) is 3.91. The van der Waals surface area contributed by atoms with Gasteiger partial charge in [0.2, 0.25) is 0 Å². The molecule has 138 valence electrons. The Labute approximate surface area is 152 Å². The minimum atomic E-state index is -3.04. The second kappa shape index (κ2) is 6.32. The summed E-state index contributed by atoms with van der Waals surface area (Å²) in [6, 6.07) is 9.30. The van der Waals surface area contributed by atoms with E-state index < -0.39 is 15.4 Å². The third-order valence-corrected chi connectivity index (χ3v) is 7.06. The van der Waals surface area contributed by atoms with Crippen LogP contribution in [0.4, 0.5) is 0 Å². The molecule has 0 aliphatic carbocycles. The van der Waals surface area contributed by atoms with Crippen LogP contribution in [0, 0.1) is 6.92 Å². The molecule has 2 saturated heterocycles. The molecule has 0 bridgehead atoms. The summed E-state index contributed by atoms with van der Waals surface area (Å²) in [4.78, 5) is 17.4. The predicted molar refractivity (Wildman–Crippen MR) is 98.9 cm³/mol. The highest BCUT2D eigenvalue weighted by Crippen LogP contribution is 2.35. The van der Waals surface area contributed by atoms with E-state index >= 15 is 0 Å². The second-order valence-electron chi connectivity index (χ2n) is 7.37. The number of aryl methyl sites for hydroxylation is 1. The van der Waals surface area contributed by atoms with Crippen LogP contribution in [0.1, 0.15) is 35.3 Å². The first-order chi connectivity index (χ1) is 12.4. The van der Waals surface area contributed by atoms with Crippen molar-refractivity contribution in [2.45, 2.75) is 37.8 Å². The normalized spacial score (nSPS) is 27.7. The van der Waals surface area contributed by atoms with E-state index in [4.69, 9.17) is 4.74 Å². The van der Waals surface area contributed by atoms with Crippen molar-refractivity contribution in [1.29, 1.82) is 0 Å². The number of benzene rings is 1. The summed E-state index contributed by atoms with van der Waals surface area (Å²) in [7, 11) is -3.04. The fraction of sp³-hybridized carbons (Fsp3) is 0.474. The molecule has 0 radical (unpaired) electrons. The van der Waals surface area contributed by atoms with Gasteiger partial charge < -0.3 is 10.1 Å². The summed E-state index contributed by atoms with van der Waals surface area (Å²) >= 11 is 0. The quantitative estimate of drug-likeness (QED) is 0.869. The average molecular weight is 374 g/mol. The average Bonchev–Trinajstić information content (AvgIpc) is 2.88. The third-order valence-electron chi connectivity index (χ3n) is 5.27. The van der Waals surface area contributed by atoms with E-state index in [0.29, 0.717) is 31.4 Å². The van der Waals surface area contributed by atoms with E-state index in [1.807, 2.05) is 31.2 Å². The Balaban J connectivity index is 1.55. The number of nitrogens with zero attached hydrogens (tertiary/aromatic N) is 1. The first kappa shape index (κ1) is 17.4. The Morgan fingerprint density at radius 1 is 1.35 bits per heavy atom. The number of amides is 1. The zero-order valence-electron chi connectivity index (χ0n) is 14.7. The molecule has 1 spiro atoms. The number of hydrogen-bond acceptors (Lipinski definition) is 5. The summed E-state index contributed by atoms with van der Waals surface area (Å²) in [6.45, 7) is 2.34. The van der Waals surface area contributed by atoms with Crippen molar-refractivity contribution in [2.75, 3.05) is 18.1 Å². The lowest BCUT2D eigenvalue weighted by Gasteiger charge is -2.37. The molecular formula is C19H22N2O4S. The molecule has 4 rings (SSSR count). The summed E-state index contributed by atoms with van der Waals surface area (Å²) < 4.78 is 29.6. The SMILES string of the molecule is Cc1cc(C(=O)N[C@H]2CCO[C@]3(CCS(=O)(=O)C3)C2)c2ccccc2n1. The number of sulfone groups is 1. The number of nitrogens with one attached hydrogen (secondary N) is 1. The molecule has 6 nitrogen and oxygen atoms in total. The van der Waals surface area contributed by atoms with Gasteiger partial charge in [-0.25, -0.2) is 8.42 Å². The molecule has 1 amide bonds. The van der Waals surface area contributed by atoms with Crippen LogP contribution in [0.3, 0.4) is 0 Å². The van der Waals surface area contributed by atoms with Gasteiger partial charge in [-0.15, -0.1) is 0 Å². The van der Waals surface area contributed by atoms with Crippen molar-refractivity contribution in [3.05, 3.63) is 41.6 Å². The van der Waals surface area contributed by atoms with E-state index in [-0.39, 0.29) is 23.5 Å². The summed E-state index contributed by atoms with van der Waals surface area (Å²) in [6.07, 6.45) is 1.74. The molecule has 2 aliphatic heterocycles. The Kier molecular flexibility index (Phi) is 4.23. The van der Waals surface area contributed by atoms with Gasteiger partial charge in [0, 0.05) is 23.7 Å². The number of carbonyl (C=O) groups is 1. The largest absolute Gasteiger partial charge is 0.374 e. The highest BCUT2D eigenvalue weighted by molar-refractivity contribution is 7.91. The Morgan fingerprint density at radius 3 is 2.92 bits per heavy atom. The lowest BCUT2D eigenvalue weighted by Crippen LogP contribution is -2.49. The Morgan fingerprint density at radius 2 is 2.15 bits per heavy atom. The van der Waals surface area contributed by atoms with Crippen LogP contribution in [0.2, 0.25) is 0 Å². The maximum Gasteiger partial charge on any atom is 0.252 e. The van der Waals surface area contributed by atoms with E-state index in [2.05, 4.69) is 10.3 Å². The van der Waals surface area contributed by atoms with Gasteiger partial charge in [0.05, 0.1) is 28.2 Å². The monoisotopic (exact) mass is 374 g/mol. The lowest BCUT2D eigenvalue weighted by molar-refractivity contribution is -0.0690. The van der Waals surface area contributed by atoms with Crippen LogP contribution >= 0.6 is 0 Å². The molecule has 0 saturated carbocycles. The van der Waals surface area contributed by atoms with Crippen molar-refractivity contribution in [1.82, 2.24) is 10.3 Å². The number of carbonyl (C=O) groups excluding carboxylic acids is 1. The first-order valence-electron chi connectivity index (χ1n) is 8.88. The van der Waals surface area contributed by atoms with Crippen LogP contribution < -0.4 is 5.32 Å².